The van der Waals surface area contributed by atoms with Crippen molar-refractivity contribution in [1.29, 1.82) is 0 Å². The van der Waals surface area contributed by atoms with E-state index in [1.54, 1.807) is 0 Å². The van der Waals surface area contributed by atoms with Crippen LogP contribution in [0, 0.1) is 0 Å². The third-order valence-electron chi connectivity index (χ3n) is 3.71. The minimum absolute atomic E-state index is 0.0156. The smallest absolute Gasteiger partial charge is 0.237 e. The molecule has 2 aliphatic rings. The third kappa shape index (κ3) is 2.38. The van der Waals surface area contributed by atoms with Crippen molar-refractivity contribution in [3.8, 4) is 0 Å². The average Bonchev–Trinajstić information content (AvgIpc) is 3.02. The van der Waals surface area contributed by atoms with Crippen LogP contribution >= 0.6 is 0 Å². The van der Waals surface area contributed by atoms with E-state index in [9.17, 15) is 4.79 Å². The Morgan fingerprint density at radius 1 is 1.28 bits per heavy atom. The Labute approximate surface area is 106 Å². The topological polar surface area (TPSA) is 80.0 Å². The van der Waals surface area contributed by atoms with Gasteiger partial charge < -0.3 is 15.2 Å². The van der Waals surface area contributed by atoms with E-state index in [1.807, 2.05) is 0 Å². The lowest BCUT2D eigenvalue weighted by Crippen LogP contribution is -2.53. The highest BCUT2D eigenvalue weighted by Crippen LogP contribution is 2.32. The number of piperazine rings is 1. The number of carbonyl (C=O) groups is 1. The van der Waals surface area contributed by atoms with Gasteiger partial charge in [0.1, 0.15) is 0 Å². The molecule has 0 bridgehead atoms. The van der Waals surface area contributed by atoms with Crippen LogP contribution in [0.1, 0.15) is 43.3 Å². The Bertz CT molecular complexity index is 425. The molecule has 1 saturated heterocycles. The molecule has 1 saturated carbocycles. The molecule has 6 heteroatoms. The minimum Gasteiger partial charge on any atom is -0.353 e. The Morgan fingerprint density at radius 3 is 2.89 bits per heavy atom. The maximum absolute atomic E-state index is 11.6. The molecule has 98 valence electrons. The minimum atomic E-state index is -0.240. The van der Waals surface area contributed by atoms with E-state index in [1.165, 1.54) is 12.8 Å². The van der Waals surface area contributed by atoms with Crippen LogP contribution in [0.5, 0.6) is 0 Å². The lowest BCUT2D eigenvalue weighted by molar-refractivity contribution is -0.124. The normalized spacial score (nSPS) is 25.3. The van der Waals surface area contributed by atoms with Crippen molar-refractivity contribution in [2.45, 2.75) is 44.1 Å². The van der Waals surface area contributed by atoms with Gasteiger partial charge in [-0.05, 0) is 12.8 Å². The number of nitrogens with one attached hydrogen (secondary N) is 2. The van der Waals surface area contributed by atoms with E-state index >= 15 is 0 Å². The molecule has 2 N–H and O–H groups in total. The molecule has 18 heavy (non-hydrogen) atoms. The largest absolute Gasteiger partial charge is 0.353 e. The number of amides is 1. The van der Waals surface area contributed by atoms with Crippen LogP contribution in [0.2, 0.25) is 0 Å². The van der Waals surface area contributed by atoms with Crippen molar-refractivity contribution in [3.05, 3.63) is 11.7 Å². The van der Waals surface area contributed by atoms with Crippen molar-refractivity contribution in [1.82, 2.24) is 20.8 Å². The Balaban J connectivity index is 1.64. The second kappa shape index (κ2) is 5.06. The maximum atomic E-state index is 11.6. The molecule has 1 amide bonds. The van der Waals surface area contributed by atoms with E-state index in [0.29, 0.717) is 24.8 Å². The van der Waals surface area contributed by atoms with Crippen molar-refractivity contribution in [2.75, 3.05) is 13.1 Å². The molecule has 0 aromatic carbocycles. The molecular formula is C12H18N4O2. The molecule has 1 aliphatic carbocycles. The molecular weight excluding hydrogens is 232 g/mol. The highest BCUT2D eigenvalue weighted by molar-refractivity contribution is 5.82. The van der Waals surface area contributed by atoms with Crippen LogP contribution in [0.4, 0.5) is 0 Å². The van der Waals surface area contributed by atoms with Gasteiger partial charge >= 0.3 is 0 Å². The SMILES string of the molecule is O=C1NCCNC1Cc1nc(C2CCCC2)no1. The summed E-state index contributed by atoms with van der Waals surface area (Å²) in [6.45, 7) is 1.48. The van der Waals surface area contributed by atoms with Crippen molar-refractivity contribution in [2.24, 2.45) is 0 Å². The zero-order valence-corrected chi connectivity index (χ0v) is 10.3. The molecule has 1 aromatic heterocycles. The summed E-state index contributed by atoms with van der Waals surface area (Å²) in [6, 6.07) is -0.240. The second-order valence-electron chi connectivity index (χ2n) is 5.03. The summed E-state index contributed by atoms with van der Waals surface area (Å²) in [6.07, 6.45) is 5.29. The standard InChI is InChI=1S/C12H18N4O2/c17-12-9(13-5-6-14-12)7-10-15-11(16-18-10)8-3-1-2-4-8/h8-9,13H,1-7H2,(H,14,17). The maximum Gasteiger partial charge on any atom is 0.237 e. The first-order valence-corrected chi connectivity index (χ1v) is 6.66. The zero-order chi connectivity index (χ0) is 12.4. The van der Waals surface area contributed by atoms with Gasteiger partial charge in [0.25, 0.3) is 0 Å². The molecule has 1 aromatic rings. The van der Waals surface area contributed by atoms with Crippen molar-refractivity contribution in [3.63, 3.8) is 0 Å². The van der Waals surface area contributed by atoms with Crippen LogP contribution in [0.3, 0.4) is 0 Å². The van der Waals surface area contributed by atoms with Gasteiger partial charge in [0.2, 0.25) is 11.8 Å². The van der Waals surface area contributed by atoms with E-state index in [-0.39, 0.29) is 11.9 Å². The molecule has 1 atom stereocenters. The van der Waals surface area contributed by atoms with Crippen molar-refractivity contribution >= 4 is 5.91 Å². The van der Waals surface area contributed by atoms with Gasteiger partial charge in [-0.25, -0.2) is 0 Å². The average molecular weight is 250 g/mol. The van der Waals surface area contributed by atoms with Crippen LogP contribution in [-0.4, -0.2) is 35.2 Å². The Kier molecular flexibility index (Phi) is 3.27. The number of hydrogen-bond donors (Lipinski definition) is 2. The first-order chi connectivity index (χ1) is 8.83. The first kappa shape index (κ1) is 11.6. The van der Waals surface area contributed by atoms with Crippen LogP contribution in [0.25, 0.3) is 0 Å². The molecule has 3 rings (SSSR count). The van der Waals surface area contributed by atoms with Crippen LogP contribution in [-0.2, 0) is 11.2 Å². The summed E-state index contributed by atoms with van der Waals surface area (Å²) in [7, 11) is 0. The number of hydrogen-bond acceptors (Lipinski definition) is 5. The lowest BCUT2D eigenvalue weighted by Gasteiger charge is -2.21. The summed E-state index contributed by atoms with van der Waals surface area (Å²) in [5.74, 6) is 1.85. The van der Waals surface area contributed by atoms with Gasteiger partial charge in [-0.2, -0.15) is 4.98 Å². The van der Waals surface area contributed by atoms with Gasteiger partial charge in [-0.3, -0.25) is 4.79 Å². The molecule has 0 radical (unpaired) electrons. The highest BCUT2D eigenvalue weighted by atomic mass is 16.5. The summed E-state index contributed by atoms with van der Waals surface area (Å²) in [4.78, 5) is 16.0. The zero-order valence-electron chi connectivity index (χ0n) is 10.3. The predicted molar refractivity (Wildman–Crippen MR) is 64.0 cm³/mol. The molecule has 0 spiro atoms. The molecule has 2 fully saturated rings. The van der Waals surface area contributed by atoms with Crippen LogP contribution in [0.15, 0.2) is 4.52 Å². The van der Waals surface area contributed by atoms with Crippen molar-refractivity contribution < 1.29 is 9.32 Å². The van der Waals surface area contributed by atoms with Gasteiger partial charge in [0.15, 0.2) is 5.82 Å². The van der Waals surface area contributed by atoms with E-state index in [0.717, 1.165) is 25.2 Å². The number of carbonyl (C=O) groups excluding carboxylic acids is 1. The number of aromatic nitrogens is 2. The fourth-order valence-corrected chi connectivity index (χ4v) is 2.69. The third-order valence-corrected chi connectivity index (χ3v) is 3.71. The van der Waals surface area contributed by atoms with E-state index < -0.39 is 0 Å². The fourth-order valence-electron chi connectivity index (χ4n) is 2.69. The monoisotopic (exact) mass is 250 g/mol. The lowest BCUT2D eigenvalue weighted by atomic mass is 10.1. The summed E-state index contributed by atoms with van der Waals surface area (Å²) in [5.41, 5.74) is 0. The number of rotatable bonds is 3. The van der Waals surface area contributed by atoms with E-state index in [2.05, 4.69) is 20.8 Å². The number of nitrogens with zero attached hydrogens (tertiary/aromatic N) is 2. The fraction of sp³-hybridized carbons (Fsp3) is 0.750. The highest BCUT2D eigenvalue weighted by Gasteiger charge is 2.26. The molecule has 6 nitrogen and oxygen atoms in total. The summed E-state index contributed by atoms with van der Waals surface area (Å²) in [5, 5.41) is 10.0. The molecule has 1 aliphatic heterocycles. The summed E-state index contributed by atoms with van der Waals surface area (Å²) >= 11 is 0. The summed E-state index contributed by atoms with van der Waals surface area (Å²) < 4.78 is 5.25. The first-order valence-electron chi connectivity index (χ1n) is 6.66. The molecule has 1 unspecified atom stereocenters. The molecule has 2 heterocycles. The second-order valence-corrected chi connectivity index (χ2v) is 5.03. The van der Waals surface area contributed by atoms with Gasteiger partial charge in [-0.15, -0.1) is 0 Å². The Hall–Kier alpha value is -1.43. The Morgan fingerprint density at radius 2 is 2.11 bits per heavy atom. The predicted octanol–water partition coefficient (Wildman–Crippen LogP) is 0.358. The van der Waals surface area contributed by atoms with Gasteiger partial charge in [0, 0.05) is 19.0 Å². The van der Waals surface area contributed by atoms with Gasteiger partial charge in [-0.1, -0.05) is 18.0 Å². The van der Waals surface area contributed by atoms with Gasteiger partial charge in [0.05, 0.1) is 12.5 Å². The van der Waals surface area contributed by atoms with Crippen LogP contribution < -0.4 is 10.6 Å². The van der Waals surface area contributed by atoms with E-state index in [4.69, 9.17) is 4.52 Å². The quantitative estimate of drug-likeness (QED) is 0.809.